The first-order chi connectivity index (χ1) is 9.45. The smallest absolute Gasteiger partial charge is 0.271 e. The summed E-state index contributed by atoms with van der Waals surface area (Å²) in [6.07, 6.45) is 2.99. The maximum atomic E-state index is 12.2. The van der Waals surface area contributed by atoms with Gasteiger partial charge in [0, 0.05) is 41.6 Å². The number of hydrogen-bond donors (Lipinski definition) is 0. The van der Waals surface area contributed by atoms with Gasteiger partial charge in [-0.25, -0.2) is 0 Å². The number of rotatable bonds is 7. The Bertz CT molecular complexity index is 497. The second kappa shape index (κ2) is 8.21. The average molecular weight is 364 g/mol. The van der Waals surface area contributed by atoms with Crippen molar-refractivity contribution in [2.24, 2.45) is 0 Å². The summed E-state index contributed by atoms with van der Waals surface area (Å²) in [4.78, 5) is 23.9. The van der Waals surface area contributed by atoms with Crippen molar-refractivity contribution < 1.29 is 9.72 Å². The van der Waals surface area contributed by atoms with E-state index in [1.54, 1.807) is 11.9 Å². The standard InChI is InChI=1S/C13H16BrClN2O3/c1-16(6-4-2-3-5-14)13(18)10-7-11(15)9-12(8-10)17(19)20/h7-9H,2-6H2,1H3. The second-order valence-corrected chi connectivity index (χ2v) is 5.66. The van der Waals surface area contributed by atoms with Crippen LogP contribution in [0.2, 0.25) is 5.02 Å². The lowest BCUT2D eigenvalue weighted by Crippen LogP contribution is -2.27. The van der Waals surface area contributed by atoms with Gasteiger partial charge in [0.25, 0.3) is 11.6 Å². The van der Waals surface area contributed by atoms with Gasteiger partial charge in [-0.15, -0.1) is 0 Å². The molecule has 1 aromatic rings. The number of alkyl halides is 1. The van der Waals surface area contributed by atoms with E-state index < -0.39 is 4.92 Å². The molecule has 1 amide bonds. The molecule has 0 heterocycles. The summed E-state index contributed by atoms with van der Waals surface area (Å²) in [5, 5.41) is 11.9. The Balaban J connectivity index is 2.73. The molecule has 0 atom stereocenters. The quantitative estimate of drug-likeness (QED) is 0.319. The molecule has 1 rings (SSSR count). The maximum absolute atomic E-state index is 12.2. The van der Waals surface area contributed by atoms with E-state index in [1.165, 1.54) is 18.2 Å². The average Bonchev–Trinajstić information content (AvgIpc) is 2.41. The van der Waals surface area contributed by atoms with Crippen molar-refractivity contribution >= 4 is 39.1 Å². The van der Waals surface area contributed by atoms with Gasteiger partial charge in [0.2, 0.25) is 0 Å². The fourth-order valence-corrected chi connectivity index (χ4v) is 2.37. The molecule has 0 aliphatic heterocycles. The lowest BCUT2D eigenvalue weighted by Gasteiger charge is -2.17. The number of nitro benzene ring substituents is 1. The normalized spacial score (nSPS) is 10.3. The minimum Gasteiger partial charge on any atom is -0.342 e. The van der Waals surface area contributed by atoms with Crippen LogP contribution in [0.3, 0.4) is 0 Å². The van der Waals surface area contributed by atoms with Crippen LogP contribution in [0.5, 0.6) is 0 Å². The van der Waals surface area contributed by atoms with Crippen LogP contribution in [-0.2, 0) is 0 Å². The third-order valence-electron chi connectivity index (χ3n) is 2.81. The molecule has 7 heteroatoms. The van der Waals surface area contributed by atoms with Crippen LogP contribution in [0.15, 0.2) is 18.2 Å². The SMILES string of the molecule is CN(CCCCCBr)C(=O)c1cc(Cl)cc([N+](=O)[O-])c1. The Hall–Kier alpha value is -1.14. The maximum Gasteiger partial charge on any atom is 0.271 e. The number of carbonyl (C=O) groups excluding carboxylic acids is 1. The molecule has 0 aromatic heterocycles. The Morgan fingerprint density at radius 2 is 2.05 bits per heavy atom. The number of unbranched alkanes of at least 4 members (excludes halogenated alkanes) is 2. The minimum absolute atomic E-state index is 0.173. The highest BCUT2D eigenvalue weighted by atomic mass is 79.9. The van der Waals surface area contributed by atoms with Gasteiger partial charge in [-0.2, -0.15) is 0 Å². The molecule has 0 aliphatic carbocycles. The summed E-state index contributed by atoms with van der Waals surface area (Å²) < 4.78 is 0. The van der Waals surface area contributed by atoms with Crippen molar-refractivity contribution in [2.75, 3.05) is 18.9 Å². The highest BCUT2D eigenvalue weighted by Crippen LogP contribution is 2.21. The Morgan fingerprint density at radius 3 is 2.65 bits per heavy atom. The van der Waals surface area contributed by atoms with Crippen molar-refractivity contribution in [1.29, 1.82) is 0 Å². The van der Waals surface area contributed by atoms with E-state index in [4.69, 9.17) is 11.6 Å². The zero-order chi connectivity index (χ0) is 15.1. The first-order valence-corrected chi connectivity index (χ1v) is 7.72. The monoisotopic (exact) mass is 362 g/mol. The van der Waals surface area contributed by atoms with Gasteiger partial charge in [0.15, 0.2) is 0 Å². The van der Waals surface area contributed by atoms with Crippen molar-refractivity contribution in [3.05, 3.63) is 38.9 Å². The Labute approximate surface area is 131 Å². The molecule has 0 radical (unpaired) electrons. The summed E-state index contributed by atoms with van der Waals surface area (Å²) in [6, 6.07) is 3.93. The number of nitro groups is 1. The molecule has 0 fully saturated rings. The number of halogens is 2. The Kier molecular flexibility index (Phi) is 6.95. The number of nitrogens with zero attached hydrogens (tertiary/aromatic N) is 2. The minimum atomic E-state index is -0.557. The van der Waals surface area contributed by atoms with Gasteiger partial charge in [-0.3, -0.25) is 14.9 Å². The molecule has 0 aliphatic rings. The topological polar surface area (TPSA) is 63.5 Å². The van der Waals surface area contributed by atoms with Gasteiger partial charge in [-0.05, 0) is 18.9 Å². The molecule has 0 saturated carbocycles. The number of non-ortho nitro benzene ring substituents is 1. The summed E-state index contributed by atoms with van der Waals surface area (Å²) in [5.74, 6) is -0.255. The third-order valence-corrected chi connectivity index (χ3v) is 3.59. The van der Waals surface area contributed by atoms with Crippen LogP contribution in [0.4, 0.5) is 5.69 Å². The van der Waals surface area contributed by atoms with Crippen molar-refractivity contribution in [2.45, 2.75) is 19.3 Å². The van der Waals surface area contributed by atoms with Crippen LogP contribution >= 0.6 is 27.5 Å². The van der Waals surface area contributed by atoms with Crippen molar-refractivity contribution in [3.63, 3.8) is 0 Å². The summed E-state index contributed by atoms with van der Waals surface area (Å²) in [5.41, 5.74) is 0.0701. The fourth-order valence-electron chi connectivity index (χ4n) is 1.75. The van der Waals surface area contributed by atoms with Gasteiger partial charge >= 0.3 is 0 Å². The van der Waals surface area contributed by atoms with Crippen molar-refractivity contribution in [1.82, 2.24) is 4.90 Å². The zero-order valence-electron chi connectivity index (χ0n) is 11.1. The fraction of sp³-hybridized carbons (Fsp3) is 0.462. The highest BCUT2D eigenvalue weighted by molar-refractivity contribution is 9.09. The molecular formula is C13H16BrClN2O3. The van der Waals surface area contributed by atoms with Gasteiger partial charge in [0.1, 0.15) is 0 Å². The third kappa shape index (κ3) is 5.09. The van der Waals surface area contributed by atoms with Crippen LogP contribution in [0.1, 0.15) is 29.6 Å². The van der Waals surface area contributed by atoms with E-state index in [2.05, 4.69) is 15.9 Å². The summed E-state index contributed by atoms with van der Waals surface area (Å²) in [7, 11) is 1.68. The first kappa shape index (κ1) is 16.9. The Morgan fingerprint density at radius 1 is 1.35 bits per heavy atom. The lowest BCUT2D eigenvalue weighted by atomic mass is 10.1. The first-order valence-electron chi connectivity index (χ1n) is 6.22. The van der Waals surface area contributed by atoms with Crippen LogP contribution in [0, 0.1) is 10.1 Å². The predicted molar refractivity (Wildman–Crippen MR) is 82.7 cm³/mol. The lowest BCUT2D eigenvalue weighted by molar-refractivity contribution is -0.384. The highest BCUT2D eigenvalue weighted by Gasteiger charge is 2.16. The molecule has 1 aromatic carbocycles. The molecule has 0 spiro atoms. The second-order valence-electron chi connectivity index (χ2n) is 4.43. The predicted octanol–water partition coefficient (Wildman–Crippen LogP) is 3.89. The van der Waals surface area contributed by atoms with Crippen LogP contribution < -0.4 is 0 Å². The molecule has 0 N–H and O–H groups in total. The molecule has 5 nitrogen and oxygen atoms in total. The molecule has 0 saturated heterocycles. The number of amides is 1. The van der Waals surface area contributed by atoms with E-state index >= 15 is 0 Å². The number of benzene rings is 1. The molecule has 20 heavy (non-hydrogen) atoms. The van der Waals surface area contributed by atoms with E-state index in [1.807, 2.05) is 0 Å². The van der Waals surface area contributed by atoms with Crippen LogP contribution in [0.25, 0.3) is 0 Å². The van der Waals surface area contributed by atoms with E-state index in [9.17, 15) is 14.9 Å². The van der Waals surface area contributed by atoms with Gasteiger partial charge in [0.05, 0.1) is 4.92 Å². The molecule has 0 bridgehead atoms. The zero-order valence-corrected chi connectivity index (χ0v) is 13.5. The molecule has 0 unspecified atom stereocenters. The number of hydrogen-bond acceptors (Lipinski definition) is 3. The van der Waals surface area contributed by atoms with Gasteiger partial charge < -0.3 is 4.90 Å². The van der Waals surface area contributed by atoms with E-state index in [0.29, 0.717) is 6.54 Å². The molecule has 110 valence electrons. The van der Waals surface area contributed by atoms with E-state index in [0.717, 1.165) is 24.6 Å². The summed E-state index contributed by atoms with van der Waals surface area (Å²) in [6.45, 7) is 0.617. The largest absolute Gasteiger partial charge is 0.342 e. The van der Waals surface area contributed by atoms with E-state index in [-0.39, 0.29) is 22.2 Å². The summed E-state index contributed by atoms with van der Waals surface area (Å²) >= 11 is 9.16. The molecular weight excluding hydrogens is 348 g/mol. The number of carbonyl (C=O) groups is 1. The van der Waals surface area contributed by atoms with Gasteiger partial charge in [-0.1, -0.05) is 34.0 Å². The van der Waals surface area contributed by atoms with Crippen LogP contribution in [-0.4, -0.2) is 34.7 Å². The van der Waals surface area contributed by atoms with Crippen molar-refractivity contribution in [3.8, 4) is 0 Å².